The van der Waals surface area contributed by atoms with Crippen LogP contribution in [0.3, 0.4) is 0 Å². The number of nitrogens with one attached hydrogen (secondary N) is 1. The highest BCUT2D eigenvalue weighted by Crippen LogP contribution is 2.20. The summed E-state index contributed by atoms with van der Waals surface area (Å²) in [7, 11) is 1.49. The zero-order valence-corrected chi connectivity index (χ0v) is 8.67. The lowest BCUT2D eigenvalue weighted by molar-refractivity contribution is -0.144. The molecule has 0 bridgehead atoms. The van der Waals surface area contributed by atoms with E-state index in [1.807, 2.05) is 5.48 Å². The summed E-state index contributed by atoms with van der Waals surface area (Å²) in [6.45, 7) is -0.575. The van der Waals surface area contributed by atoms with Gasteiger partial charge in [-0.3, -0.25) is 9.63 Å². The monoisotopic (exact) mass is 231 g/mol. The molecular formula is C8H9NO5S. The van der Waals surface area contributed by atoms with Crippen LogP contribution in [0, 0.1) is 0 Å². The van der Waals surface area contributed by atoms with Crippen LogP contribution >= 0.6 is 11.3 Å². The molecule has 15 heavy (non-hydrogen) atoms. The van der Waals surface area contributed by atoms with Crippen LogP contribution in [0.2, 0.25) is 0 Å². The fraction of sp³-hybridized carbons (Fsp3) is 0.250. The number of thiophene rings is 1. The molecule has 0 aromatic carbocycles. The fourth-order valence-corrected chi connectivity index (χ4v) is 1.50. The second-order valence-corrected chi connectivity index (χ2v) is 3.38. The number of hydroxylamine groups is 1. The topological polar surface area (TPSA) is 84.9 Å². The second-order valence-electron chi connectivity index (χ2n) is 2.46. The van der Waals surface area contributed by atoms with E-state index < -0.39 is 18.5 Å². The van der Waals surface area contributed by atoms with Crippen molar-refractivity contribution in [2.75, 3.05) is 13.7 Å². The highest BCUT2D eigenvalue weighted by Gasteiger charge is 2.09. The van der Waals surface area contributed by atoms with E-state index in [2.05, 4.69) is 4.84 Å². The third-order valence-corrected chi connectivity index (χ3v) is 2.30. The Bertz CT molecular complexity index is 362. The van der Waals surface area contributed by atoms with Crippen molar-refractivity contribution in [2.24, 2.45) is 0 Å². The first-order valence-corrected chi connectivity index (χ1v) is 4.78. The van der Waals surface area contributed by atoms with Gasteiger partial charge in [-0.15, -0.1) is 11.3 Å². The quantitative estimate of drug-likeness (QED) is 0.721. The van der Waals surface area contributed by atoms with Crippen molar-refractivity contribution >= 4 is 23.2 Å². The molecule has 1 aromatic heterocycles. The van der Waals surface area contributed by atoms with E-state index in [1.54, 1.807) is 5.38 Å². The molecule has 6 nitrogen and oxygen atoms in total. The lowest BCUT2D eigenvalue weighted by Crippen LogP contribution is -2.25. The van der Waals surface area contributed by atoms with E-state index in [4.69, 9.17) is 9.84 Å². The van der Waals surface area contributed by atoms with Crippen LogP contribution in [-0.4, -0.2) is 30.7 Å². The predicted molar refractivity (Wildman–Crippen MR) is 51.9 cm³/mol. The third kappa shape index (κ3) is 3.56. The molecule has 1 heterocycles. The maximum atomic E-state index is 11.3. The Kier molecular flexibility index (Phi) is 4.07. The lowest BCUT2D eigenvalue weighted by atomic mass is 10.4. The minimum atomic E-state index is -1.15. The molecule has 0 aliphatic heterocycles. The smallest absolute Gasteiger partial charge is 0.332 e. The van der Waals surface area contributed by atoms with E-state index in [0.717, 1.165) is 0 Å². The number of carbonyl (C=O) groups is 2. The fourth-order valence-electron chi connectivity index (χ4n) is 0.759. The minimum Gasteiger partial charge on any atom is -0.496 e. The summed E-state index contributed by atoms with van der Waals surface area (Å²) < 4.78 is 4.88. The zero-order chi connectivity index (χ0) is 11.3. The standard InChI is InChI=1S/C8H9NO5S/c1-13-5-2-6(15-4-5)8(12)9-14-3-7(10)11/h2,4H,3H2,1H3,(H,9,12)(H,10,11). The Labute approximate surface area is 89.4 Å². The third-order valence-electron chi connectivity index (χ3n) is 1.40. The largest absolute Gasteiger partial charge is 0.496 e. The SMILES string of the molecule is COc1csc(C(=O)NOCC(=O)O)c1. The van der Waals surface area contributed by atoms with Crippen molar-refractivity contribution in [1.29, 1.82) is 0 Å². The van der Waals surface area contributed by atoms with Gasteiger partial charge in [0.1, 0.15) is 5.75 Å². The van der Waals surface area contributed by atoms with Crippen molar-refractivity contribution in [3.8, 4) is 5.75 Å². The first-order chi connectivity index (χ1) is 7.13. The van der Waals surface area contributed by atoms with Gasteiger partial charge in [0.05, 0.1) is 12.0 Å². The number of ether oxygens (including phenoxy) is 1. The normalized spacial score (nSPS) is 9.67. The number of hydrogen-bond donors (Lipinski definition) is 2. The lowest BCUT2D eigenvalue weighted by Gasteiger charge is -2.00. The molecule has 0 radical (unpaired) electrons. The van der Waals surface area contributed by atoms with Crippen molar-refractivity contribution in [2.45, 2.75) is 0 Å². The highest BCUT2D eigenvalue weighted by molar-refractivity contribution is 7.12. The number of methoxy groups -OCH3 is 1. The van der Waals surface area contributed by atoms with Gasteiger partial charge in [0.15, 0.2) is 6.61 Å². The van der Waals surface area contributed by atoms with E-state index in [9.17, 15) is 9.59 Å². The van der Waals surface area contributed by atoms with Gasteiger partial charge in [-0.25, -0.2) is 10.3 Å². The van der Waals surface area contributed by atoms with Gasteiger partial charge in [0.2, 0.25) is 0 Å². The summed E-state index contributed by atoms with van der Waals surface area (Å²) >= 11 is 1.18. The number of carbonyl (C=O) groups excluding carboxylic acids is 1. The highest BCUT2D eigenvalue weighted by atomic mass is 32.1. The summed E-state index contributed by atoms with van der Waals surface area (Å²) in [5, 5.41) is 9.90. The van der Waals surface area contributed by atoms with Crippen LogP contribution in [-0.2, 0) is 9.63 Å². The number of amides is 1. The van der Waals surface area contributed by atoms with Gasteiger partial charge in [-0.05, 0) is 0 Å². The van der Waals surface area contributed by atoms with E-state index >= 15 is 0 Å². The van der Waals surface area contributed by atoms with Gasteiger partial charge in [0, 0.05) is 11.4 Å². The van der Waals surface area contributed by atoms with Crippen molar-refractivity contribution < 1.29 is 24.3 Å². The molecule has 0 fully saturated rings. The first-order valence-electron chi connectivity index (χ1n) is 3.90. The first kappa shape index (κ1) is 11.5. The molecule has 0 saturated heterocycles. The molecule has 0 aliphatic carbocycles. The Hall–Kier alpha value is -1.60. The number of carboxylic acid groups (broad SMARTS) is 1. The average molecular weight is 231 g/mol. The Morgan fingerprint density at radius 1 is 1.60 bits per heavy atom. The molecule has 1 aromatic rings. The summed E-state index contributed by atoms with van der Waals surface area (Å²) in [4.78, 5) is 26.2. The summed E-state index contributed by atoms with van der Waals surface area (Å²) in [5.41, 5.74) is 2.00. The van der Waals surface area contributed by atoms with Crippen LogP contribution in [0.4, 0.5) is 0 Å². The van der Waals surface area contributed by atoms with Gasteiger partial charge >= 0.3 is 5.97 Å². The van der Waals surface area contributed by atoms with Gasteiger partial charge < -0.3 is 9.84 Å². The number of carboxylic acids is 1. The second kappa shape index (κ2) is 5.32. The summed E-state index contributed by atoms with van der Waals surface area (Å²) in [5.74, 6) is -1.08. The van der Waals surface area contributed by atoms with Gasteiger partial charge in [-0.2, -0.15) is 0 Å². The van der Waals surface area contributed by atoms with E-state index in [0.29, 0.717) is 10.6 Å². The Balaban J connectivity index is 2.43. The summed E-state index contributed by atoms with van der Waals surface area (Å²) in [6, 6.07) is 1.53. The molecule has 82 valence electrons. The van der Waals surface area contributed by atoms with Crippen molar-refractivity contribution in [1.82, 2.24) is 5.48 Å². The van der Waals surface area contributed by atoms with Crippen LogP contribution in [0.5, 0.6) is 5.75 Å². The van der Waals surface area contributed by atoms with E-state index in [1.165, 1.54) is 24.5 Å². The Morgan fingerprint density at radius 2 is 2.33 bits per heavy atom. The van der Waals surface area contributed by atoms with Gasteiger partial charge in [-0.1, -0.05) is 0 Å². The van der Waals surface area contributed by atoms with Crippen molar-refractivity contribution in [3.63, 3.8) is 0 Å². The predicted octanol–water partition coefficient (Wildman–Crippen LogP) is 0.503. The van der Waals surface area contributed by atoms with E-state index in [-0.39, 0.29) is 0 Å². The molecule has 0 atom stereocenters. The molecule has 1 rings (SSSR count). The van der Waals surface area contributed by atoms with Gasteiger partial charge in [0.25, 0.3) is 5.91 Å². The maximum absolute atomic E-state index is 11.3. The number of hydrogen-bond acceptors (Lipinski definition) is 5. The van der Waals surface area contributed by atoms with Crippen molar-refractivity contribution in [3.05, 3.63) is 16.3 Å². The number of aliphatic carboxylic acids is 1. The molecule has 2 N–H and O–H groups in total. The minimum absolute atomic E-state index is 0.386. The zero-order valence-electron chi connectivity index (χ0n) is 7.85. The molecule has 0 aliphatic rings. The molecular weight excluding hydrogens is 222 g/mol. The molecule has 1 amide bonds. The molecule has 7 heteroatoms. The van der Waals surface area contributed by atoms with Crippen LogP contribution in [0.25, 0.3) is 0 Å². The van der Waals surface area contributed by atoms with Crippen LogP contribution in [0.1, 0.15) is 9.67 Å². The molecule has 0 saturated carbocycles. The Morgan fingerprint density at radius 3 is 2.87 bits per heavy atom. The number of rotatable bonds is 5. The molecule has 0 unspecified atom stereocenters. The van der Waals surface area contributed by atoms with Crippen LogP contribution in [0.15, 0.2) is 11.4 Å². The summed E-state index contributed by atoms with van der Waals surface area (Å²) in [6.07, 6.45) is 0. The molecule has 0 spiro atoms. The van der Waals surface area contributed by atoms with Crippen LogP contribution < -0.4 is 10.2 Å². The maximum Gasteiger partial charge on any atom is 0.332 e. The average Bonchev–Trinajstić information content (AvgIpc) is 2.65.